The van der Waals surface area contributed by atoms with E-state index in [4.69, 9.17) is 4.74 Å². The number of aliphatic hydroxyl groups is 1. The molecule has 0 radical (unpaired) electrons. The van der Waals surface area contributed by atoms with Gasteiger partial charge in [-0.3, -0.25) is 0 Å². The van der Waals surface area contributed by atoms with Gasteiger partial charge in [-0.2, -0.15) is 52.7 Å². The van der Waals surface area contributed by atoms with Crippen LogP contribution < -0.4 is 19.1 Å². The molecule has 43 heavy (non-hydrogen) atoms. The average molecular weight is 637 g/mol. The fourth-order valence-electron chi connectivity index (χ4n) is 3.39. The van der Waals surface area contributed by atoms with Crippen LogP contribution in [0.5, 0.6) is 23.0 Å². The molecule has 5 nitrogen and oxygen atoms in total. The van der Waals surface area contributed by atoms with Gasteiger partial charge in [-0.05, 0) is 42.0 Å². The van der Waals surface area contributed by atoms with Crippen LogP contribution in [0.4, 0.5) is 58.4 Å². The highest BCUT2D eigenvalue weighted by Gasteiger charge is 2.61. The highest BCUT2D eigenvalue weighted by atomic mass is 19.4. The first-order valence-electron chi connectivity index (χ1n) is 11.7. The van der Waals surface area contributed by atoms with Gasteiger partial charge in [0.15, 0.2) is 6.10 Å². The van der Waals surface area contributed by atoms with E-state index in [9.17, 15) is 57.8 Å². The Morgan fingerprint density at radius 2 is 1.21 bits per heavy atom. The molecule has 0 spiro atoms. The van der Waals surface area contributed by atoms with Gasteiger partial charge in [0.1, 0.15) is 23.0 Å². The Hall–Kier alpha value is -4.02. The lowest BCUT2D eigenvalue weighted by molar-refractivity contribution is -0.360. The van der Waals surface area contributed by atoms with E-state index in [2.05, 4.69) is 9.47 Å². The molecule has 0 aliphatic carbocycles. The van der Waals surface area contributed by atoms with E-state index in [1.807, 2.05) is 0 Å². The van der Waals surface area contributed by atoms with Crippen LogP contribution in [0.1, 0.15) is 5.56 Å². The zero-order valence-corrected chi connectivity index (χ0v) is 21.2. The highest BCUT2D eigenvalue weighted by Crippen LogP contribution is 2.38. The van der Waals surface area contributed by atoms with E-state index < -0.39 is 61.7 Å². The van der Waals surface area contributed by atoms with E-state index in [-0.39, 0.29) is 22.7 Å². The number of aliphatic hydroxyl groups excluding tert-OH is 1. The Bertz CT molecular complexity index is 1360. The second-order valence-electron chi connectivity index (χ2n) is 8.74. The molecule has 0 aromatic heterocycles. The molecule has 0 saturated heterocycles. The zero-order valence-electron chi connectivity index (χ0n) is 21.2. The summed E-state index contributed by atoms with van der Waals surface area (Å²) in [7, 11) is 0. The third kappa shape index (κ3) is 9.23. The largest absolute Gasteiger partial charge is 0.499 e. The molecule has 0 saturated carbocycles. The second-order valence-corrected chi connectivity index (χ2v) is 8.74. The molecule has 0 amide bonds. The number of anilines is 1. The highest BCUT2D eigenvalue weighted by molar-refractivity contribution is 5.52. The van der Waals surface area contributed by atoms with Crippen molar-refractivity contribution in [1.29, 1.82) is 0 Å². The first-order chi connectivity index (χ1) is 19.8. The van der Waals surface area contributed by atoms with Crippen LogP contribution in [0.15, 0.2) is 72.8 Å². The number of ether oxygens (including phenoxy) is 3. The first kappa shape index (κ1) is 33.5. The van der Waals surface area contributed by atoms with E-state index >= 15 is 0 Å². The van der Waals surface area contributed by atoms with Crippen molar-refractivity contribution in [2.75, 3.05) is 11.4 Å². The second kappa shape index (κ2) is 12.7. The van der Waals surface area contributed by atoms with Gasteiger partial charge < -0.3 is 24.2 Å². The maximum absolute atomic E-state index is 13.3. The summed E-state index contributed by atoms with van der Waals surface area (Å²) in [6.07, 6.45) is -28.6. The molecule has 0 bridgehead atoms. The normalized spacial score (nSPS) is 13.5. The third-order valence-corrected chi connectivity index (χ3v) is 5.35. The number of hydrogen-bond acceptors (Lipinski definition) is 5. The molecule has 17 heteroatoms. The molecule has 3 aromatic rings. The van der Waals surface area contributed by atoms with Crippen LogP contribution in [0.2, 0.25) is 0 Å². The van der Waals surface area contributed by atoms with Crippen molar-refractivity contribution in [2.24, 2.45) is 0 Å². The third-order valence-electron chi connectivity index (χ3n) is 5.35. The molecular weight excluding hydrogens is 618 g/mol. The minimum absolute atomic E-state index is 0.00120. The molecule has 1 atom stereocenters. The van der Waals surface area contributed by atoms with Gasteiger partial charge >= 0.3 is 31.0 Å². The van der Waals surface area contributed by atoms with Gasteiger partial charge in [0.25, 0.3) is 0 Å². The fraction of sp³-hybridized carbons (Fsp3) is 0.308. The maximum atomic E-state index is 13.3. The SMILES string of the molecule is OC(CN(Cc1cccc(OC(F)(F)C(F)F)c1)c1cccc(Oc2cccc(OC(F)(F)C(F)(F)F)c2)c1)C(F)(F)F. The smallest absolute Gasteiger partial charge is 0.457 e. The van der Waals surface area contributed by atoms with Crippen LogP contribution in [-0.4, -0.2) is 48.8 Å². The number of rotatable bonds is 12. The number of hydrogen-bond donors (Lipinski definition) is 1. The molecule has 0 fully saturated rings. The standard InChI is InChI=1S/C26H19F12NO4/c27-22(28)24(32,33)42-19-8-1-4-15(10-19)13-39(14-21(40)23(29,30)31)16-5-2-6-17(11-16)41-18-7-3-9-20(12-18)43-26(37,38)25(34,35)36/h1-12,21-22,40H,13-14H2. The average Bonchev–Trinajstić information content (AvgIpc) is 2.87. The summed E-state index contributed by atoms with van der Waals surface area (Å²) < 4.78 is 168. The van der Waals surface area contributed by atoms with Crippen molar-refractivity contribution in [3.8, 4) is 23.0 Å². The zero-order chi connectivity index (χ0) is 32.2. The van der Waals surface area contributed by atoms with Crippen LogP contribution in [0.25, 0.3) is 0 Å². The van der Waals surface area contributed by atoms with Crippen LogP contribution in [0, 0.1) is 0 Å². The predicted octanol–water partition coefficient (Wildman–Crippen LogP) is 8.18. The summed E-state index contributed by atoms with van der Waals surface area (Å²) in [6, 6.07) is 12.7. The molecule has 3 aromatic carbocycles. The quantitative estimate of drug-likeness (QED) is 0.203. The van der Waals surface area contributed by atoms with Gasteiger partial charge in [0.2, 0.25) is 0 Å². The Labute approximate surface area is 234 Å². The van der Waals surface area contributed by atoms with Gasteiger partial charge in [-0.1, -0.05) is 24.3 Å². The van der Waals surface area contributed by atoms with Crippen molar-refractivity contribution in [3.05, 3.63) is 78.4 Å². The lowest BCUT2D eigenvalue weighted by Crippen LogP contribution is -2.41. The maximum Gasteiger partial charge on any atom is 0.499 e. The van der Waals surface area contributed by atoms with E-state index in [0.29, 0.717) is 6.07 Å². The minimum atomic E-state index is -6.02. The summed E-state index contributed by atoms with van der Waals surface area (Å²) in [6.45, 7) is -1.62. The van der Waals surface area contributed by atoms with Crippen LogP contribution in [-0.2, 0) is 6.54 Å². The van der Waals surface area contributed by atoms with Crippen molar-refractivity contribution in [2.45, 2.75) is 43.6 Å². The molecule has 1 N–H and O–H groups in total. The Balaban J connectivity index is 1.88. The van der Waals surface area contributed by atoms with Crippen LogP contribution >= 0.6 is 0 Å². The molecule has 236 valence electrons. The first-order valence-corrected chi connectivity index (χ1v) is 11.7. The minimum Gasteiger partial charge on any atom is -0.457 e. The summed E-state index contributed by atoms with van der Waals surface area (Å²) in [5.41, 5.74) is -0.0697. The van der Waals surface area contributed by atoms with Crippen molar-refractivity contribution in [1.82, 2.24) is 0 Å². The predicted molar refractivity (Wildman–Crippen MR) is 126 cm³/mol. The fourth-order valence-corrected chi connectivity index (χ4v) is 3.39. The Kier molecular flexibility index (Phi) is 9.88. The monoisotopic (exact) mass is 637 g/mol. The van der Waals surface area contributed by atoms with Gasteiger partial charge in [0, 0.05) is 24.4 Å². The molecule has 3 rings (SSSR count). The number of alkyl halides is 12. The van der Waals surface area contributed by atoms with Crippen molar-refractivity contribution >= 4 is 5.69 Å². The topological polar surface area (TPSA) is 51.2 Å². The molecule has 1 unspecified atom stereocenters. The molecule has 0 aliphatic rings. The van der Waals surface area contributed by atoms with E-state index in [0.717, 1.165) is 47.4 Å². The Morgan fingerprint density at radius 1 is 0.674 bits per heavy atom. The summed E-state index contributed by atoms with van der Waals surface area (Å²) >= 11 is 0. The number of benzene rings is 3. The lowest BCUT2D eigenvalue weighted by atomic mass is 10.1. The summed E-state index contributed by atoms with van der Waals surface area (Å²) in [4.78, 5) is 0.929. The number of nitrogens with zero attached hydrogens (tertiary/aromatic N) is 1. The summed E-state index contributed by atoms with van der Waals surface area (Å²) in [5.74, 6) is -2.11. The van der Waals surface area contributed by atoms with Gasteiger partial charge in [-0.15, -0.1) is 0 Å². The van der Waals surface area contributed by atoms with Crippen molar-refractivity contribution in [3.63, 3.8) is 0 Å². The molecule has 0 heterocycles. The summed E-state index contributed by atoms with van der Waals surface area (Å²) in [5, 5.41) is 9.69. The van der Waals surface area contributed by atoms with Crippen LogP contribution in [0.3, 0.4) is 0 Å². The van der Waals surface area contributed by atoms with Gasteiger partial charge in [-0.25, -0.2) is 0 Å². The lowest BCUT2D eigenvalue weighted by Gasteiger charge is -2.29. The molecule has 0 aliphatic heterocycles. The van der Waals surface area contributed by atoms with E-state index in [1.54, 1.807) is 0 Å². The van der Waals surface area contributed by atoms with Gasteiger partial charge in [0.05, 0.1) is 6.54 Å². The Morgan fingerprint density at radius 3 is 1.79 bits per heavy atom. The number of halogens is 12. The van der Waals surface area contributed by atoms with Crippen molar-refractivity contribution < 1.29 is 72.0 Å². The van der Waals surface area contributed by atoms with E-state index in [1.165, 1.54) is 24.3 Å². The molecular formula is C26H19F12NO4.